The smallest absolute Gasteiger partial charge is 0.306 e. The number of aliphatic carboxylic acids is 1. The maximum absolute atomic E-state index is 13.0. The fourth-order valence-electron chi connectivity index (χ4n) is 3.80. The number of carbonyl (C=O) groups is 2. The van der Waals surface area contributed by atoms with Gasteiger partial charge in [0.25, 0.3) is 0 Å². The number of hydrazine groups is 1. The molecule has 0 aliphatic carbocycles. The number of carboxylic acids is 1. The summed E-state index contributed by atoms with van der Waals surface area (Å²) in [5.41, 5.74) is 7.30. The molecule has 3 N–H and O–H groups in total. The van der Waals surface area contributed by atoms with Crippen LogP contribution in [0.1, 0.15) is 24.9 Å². The van der Waals surface area contributed by atoms with Crippen molar-refractivity contribution >= 4 is 11.9 Å². The van der Waals surface area contributed by atoms with Crippen LogP contribution >= 0.6 is 0 Å². The maximum Gasteiger partial charge on any atom is 0.306 e. The molecular weight excluding hydrogens is 322 g/mol. The van der Waals surface area contributed by atoms with Gasteiger partial charge in [-0.2, -0.15) is 0 Å². The first-order valence-electron chi connectivity index (χ1n) is 8.65. The molecule has 0 aromatic heterocycles. The SMILES string of the molecule is COc1ccc(C2NNCC2C(=O)N2CCC(C(=O)O)C(C)C2)cc1. The van der Waals surface area contributed by atoms with Crippen molar-refractivity contribution < 1.29 is 19.4 Å². The molecule has 1 amide bonds. The Kier molecular flexibility index (Phi) is 5.24. The van der Waals surface area contributed by atoms with Crippen LogP contribution in [-0.2, 0) is 9.59 Å². The van der Waals surface area contributed by atoms with Gasteiger partial charge in [-0.1, -0.05) is 19.1 Å². The van der Waals surface area contributed by atoms with Crippen LogP contribution in [0.15, 0.2) is 24.3 Å². The first-order chi connectivity index (χ1) is 12.0. The highest BCUT2D eigenvalue weighted by atomic mass is 16.5. The van der Waals surface area contributed by atoms with Gasteiger partial charge in [-0.25, -0.2) is 5.43 Å². The van der Waals surface area contributed by atoms with Crippen LogP contribution in [-0.4, -0.2) is 48.6 Å². The maximum atomic E-state index is 13.0. The van der Waals surface area contributed by atoms with E-state index in [0.717, 1.165) is 11.3 Å². The summed E-state index contributed by atoms with van der Waals surface area (Å²) in [5, 5.41) is 9.24. The van der Waals surface area contributed by atoms with Gasteiger partial charge in [0.2, 0.25) is 5.91 Å². The summed E-state index contributed by atoms with van der Waals surface area (Å²) in [4.78, 5) is 26.1. The molecule has 3 rings (SSSR count). The number of piperidine rings is 1. The van der Waals surface area contributed by atoms with Crippen molar-refractivity contribution in [3.8, 4) is 5.75 Å². The Labute approximate surface area is 147 Å². The number of hydrogen-bond donors (Lipinski definition) is 3. The number of ether oxygens (including phenoxy) is 1. The number of hydrogen-bond acceptors (Lipinski definition) is 5. The largest absolute Gasteiger partial charge is 0.497 e. The van der Waals surface area contributed by atoms with E-state index in [2.05, 4.69) is 10.9 Å². The number of carboxylic acid groups (broad SMARTS) is 1. The molecule has 4 atom stereocenters. The molecule has 1 aromatic carbocycles. The second kappa shape index (κ2) is 7.41. The van der Waals surface area contributed by atoms with E-state index in [-0.39, 0.29) is 29.7 Å². The fraction of sp³-hybridized carbons (Fsp3) is 0.556. The van der Waals surface area contributed by atoms with Crippen LogP contribution in [0.4, 0.5) is 0 Å². The molecule has 7 heteroatoms. The van der Waals surface area contributed by atoms with Crippen LogP contribution in [0.2, 0.25) is 0 Å². The quantitative estimate of drug-likeness (QED) is 0.754. The first-order valence-corrected chi connectivity index (χ1v) is 8.65. The molecule has 0 spiro atoms. The van der Waals surface area contributed by atoms with Gasteiger partial charge in [0.15, 0.2) is 0 Å². The van der Waals surface area contributed by atoms with Crippen molar-refractivity contribution in [2.75, 3.05) is 26.7 Å². The Morgan fingerprint density at radius 2 is 1.96 bits per heavy atom. The number of likely N-dealkylation sites (tertiary alicyclic amines) is 1. The molecule has 0 radical (unpaired) electrons. The van der Waals surface area contributed by atoms with Crippen molar-refractivity contribution in [2.45, 2.75) is 19.4 Å². The van der Waals surface area contributed by atoms with Gasteiger partial charge in [-0.15, -0.1) is 0 Å². The van der Waals surface area contributed by atoms with E-state index in [4.69, 9.17) is 4.74 Å². The zero-order chi connectivity index (χ0) is 18.0. The summed E-state index contributed by atoms with van der Waals surface area (Å²) < 4.78 is 5.18. The zero-order valence-corrected chi connectivity index (χ0v) is 14.6. The second-order valence-electron chi connectivity index (χ2n) is 6.88. The van der Waals surface area contributed by atoms with Crippen LogP contribution in [0, 0.1) is 17.8 Å². The monoisotopic (exact) mass is 347 g/mol. The predicted molar refractivity (Wildman–Crippen MR) is 91.9 cm³/mol. The van der Waals surface area contributed by atoms with Crippen molar-refractivity contribution in [1.82, 2.24) is 15.8 Å². The van der Waals surface area contributed by atoms with E-state index in [0.29, 0.717) is 26.1 Å². The van der Waals surface area contributed by atoms with Gasteiger partial charge in [0, 0.05) is 19.6 Å². The molecule has 4 unspecified atom stereocenters. The van der Waals surface area contributed by atoms with Crippen molar-refractivity contribution in [3.05, 3.63) is 29.8 Å². The minimum atomic E-state index is -0.764. The summed E-state index contributed by atoms with van der Waals surface area (Å²) in [6.07, 6.45) is 0.517. The molecule has 25 heavy (non-hydrogen) atoms. The second-order valence-corrected chi connectivity index (χ2v) is 6.88. The molecule has 2 aliphatic heterocycles. The number of carbonyl (C=O) groups excluding carboxylic acids is 1. The molecular formula is C18H25N3O4. The number of nitrogens with one attached hydrogen (secondary N) is 2. The molecule has 2 saturated heterocycles. The highest BCUT2D eigenvalue weighted by Crippen LogP contribution is 2.30. The Balaban J connectivity index is 1.69. The average molecular weight is 347 g/mol. The van der Waals surface area contributed by atoms with Crippen LogP contribution in [0.5, 0.6) is 5.75 Å². The number of benzene rings is 1. The minimum absolute atomic E-state index is 0.0306. The molecule has 0 saturated carbocycles. The lowest BCUT2D eigenvalue weighted by atomic mass is 9.85. The minimum Gasteiger partial charge on any atom is -0.497 e. The highest BCUT2D eigenvalue weighted by Gasteiger charge is 2.40. The van der Waals surface area contributed by atoms with Crippen LogP contribution in [0.25, 0.3) is 0 Å². The Morgan fingerprint density at radius 1 is 1.24 bits per heavy atom. The topological polar surface area (TPSA) is 90.9 Å². The van der Waals surface area contributed by atoms with E-state index in [1.807, 2.05) is 36.1 Å². The fourth-order valence-corrected chi connectivity index (χ4v) is 3.80. The van der Waals surface area contributed by atoms with Gasteiger partial charge in [-0.05, 0) is 30.0 Å². The molecule has 2 heterocycles. The summed E-state index contributed by atoms with van der Waals surface area (Å²) in [7, 11) is 1.62. The van der Waals surface area contributed by atoms with E-state index in [1.54, 1.807) is 7.11 Å². The first kappa shape index (κ1) is 17.7. The number of amides is 1. The Hall–Kier alpha value is -2.12. The average Bonchev–Trinajstić information content (AvgIpc) is 3.10. The summed E-state index contributed by atoms with van der Waals surface area (Å²) in [5.74, 6) is -0.503. The third-order valence-corrected chi connectivity index (χ3v) is 5.31. The Morgan fingerprint density at radius 3 is 2.56 bits per heavy atom. The van der Waals surface area contributed by atoms with Crippen LogP contribution in [0.3, 0.4) is 0 Å². The molecule has 0 bridgehead atoms. The third-order valence-electron chi connectivity index (χ3n) is 5.31. The normalized spacial score (nSPS) is 29.4. The van der Waals surface area contributed by atoms with Gasteiger partial charge in [-0.3, -0.25) is 15.0 Å². The van der Waals surface area contributed by atoms with Crippen molar-refractivity contribution in [3.63, 3.8) is 0 Å². The molecule has 2 aliphatic rings. The van der Waals surface area contributed by atoms with E-state index < -0.39 is 5.97 Å². The third kappa shape index (κ3) is 3.62. The molecule has 7 nitrogen and oxygen atoms in total. The molecule has 1 aromatic rings. The molecule has 136 valence electrons. The zero-order valence-electron chi connectivity index (χ0n) is 14.6. The van der Waals surface area contributed by atoms with E-state index >= 15 is 0 Å². The number of rotatable bonds is 4. The van der Waals surface area contributed by atoms with E-state index in [1.165, 1.54) is 0 Å². The summed E-state index contributed by atoms with van der Waals surface area (Å²) in [6, 6.07) is 7.59. The predicted octanol–water partition coefficient (Wildman–Crippen LogP) is 1.03. The van der Waals surface area contributed by atoms with Gasteiger partial charge in [0.1, 0.15) is 5.75 Å². The summed E-state index contributed by atoms with van der Waals surface area (Å²) in [6.45, 7) is 3.47. The standard InChI is InChI=1S/C18H25N3O4/c1-11-10-21(8-7-14(11)18(23)24)17(22)15-9-19-20-16(15)12-3-5-13(25-2)6-4-12/h3-6,11,14-16,19-20H,7-10H2,1-2H3,(H,23,24). The van der Waals surface area contributed by atoms with Gasteiger partial charge >= 0.3 is 5.97 Å². The van der Waals surface area contributed by atoms with Crippen molar-refractivity contribution in [2.24, 2.45) is 17.8 Å². The lowest BCUT2D eigenvalue weighted by molar-refractivity contribution is -0.149. The number of nitrogens with zero attached hydrogens (tertiary/aromatic N) is 1. The summed E-state index contributed by atoms with van der Waals surface area (Å²) >= 11 is 0. The molecule has 2 fully saturated rings. The Bertz CT molecular complexity index is 634. The van der Waals surface area contributed by atoms with Gasteiger partial charge in [0.05, 0.1) is 25.0 Å². The van der Waals surface area contributed by atoms with E-state index in [9.17, 15) is 14.7 Å². The van der Waals surface area contributed by atoms with Crippen molar-refractivity contribution in [1.29, 1.82) is 0 Å². The van der Waals surface area contributed by atoms with Crippen LogP contribution < -0.4 is 15.6 Å². The lowest BCUT2D eigenvalue weighted by Gasteiger charge is -2.37. The highest BCUT2D eigenvalue weighted by molar-refractivity contribution is 5.81. The lowest BCUT2D eigenvalue weighted by Crippen LogP contribution is -2.48. The number of methoxy groups -OCH3 is 1. The van der Waals surface area contributed by atoms with Gasteiger partial charge < -0.3 is 14.7 Å².